The fraction of sp³-hybridized carbons (Fsp3) is 0.643. The molecule has 1 rings (SSSR count). The lowest BCUT2D eigenvalue weighted by atomic mass is 9.75. The predicted octanol–water partition coefficient (Wildman–Crippen LogP) is 3.46. The number of rotatable bonds is 4. The van der Waals surface area contributed by atoms with Gasteiger partial charge in [0.15, 0.2) is 5.43 Å². The van der Waals surface area contributed by atoms with Crippen molar-refractivity contribution in [1.82, 2.24) is 4.98 Å². The van der Waals surface area contributed by atoms with Crippen LogP contribution in [0, 0.1) is 13.8 Å². The van der Waals surface area contributed by atoms with E-state index in [9.17, 15) is 4.79 Å². The molecular formula is C14H23NO. The number of nitrogens with one attached hydrogen (secondary N) is 1. The van der Waals surface area contributed by atoms with Gasteiger partial charge >= 0.3 is 0 Å². The number of aromatic nitrogens is 1. The van der Waals surface area contributed by atoms with E-state index in [4.69, 9.17) is 0 Å². The summed E-state index contributed by atoms with van der Waals surface area (Å²) in [5.41, 5.74) is 3.15. The average Bonchev–Trinajstić information content (AvgIpc) is 2.16. The van der Waals surface area contributed by atoms with Gasteiger partial charge in [0.05, 0.1) is 0 Å². The Balaban J connectivity index is 3.36. The Kier molecular flexibility index (Phi) is 3.95. The average molecular weight is 221 g/mol. The van der Waals surface area contributed by atoms with E-state index < -0.39 is 0 Å². The zero-order chi connectivity index (χ0) is 12.3. The van der Waals surface area contributed by atoms with Gasteiger partial charge in [0, 0.05) is 23.0 Å². The summed E-state index contributed by atoms with van der Waals surface area (Å²) in [6.07, 6.45) is 3.18. The first-order chi connectivity index (χ1) is 7.44. The van der Waals surface area contributed by atoms with Gasteiger partial charge in [-0.25, -0.2) is 0 Å². The lowest BCUT2D eigenvalue weighted by Crippen LogP contribution is -2.30. The highest BCUT2D eigenvalue weighted by atomic mass is 16.1. The number of pyridine rings is 1. The van der Waals surface area contributed by atoms with E-state index in [1.54, 1.807) is 6.07 Å². The fourth-order valence-electron chi connectivity index (χ4n) is 2.63. The molecule has 16 heavy (non-hydrogen) atoms. The van der Waals surface area contributed by atoms with Gasteiger partial charge in [-0.3, -0.25) is 4.79 Å². The second-order valence-corrected chi connectivity index (χ2v) is 4.98. The van der Waals surface area contributed by atoms with Crippen LogP contribution in [0.2, 0.25) is 0 Å². The van der Waals surface area contributed by atoms with Crippen molar-refractivity contribution in [3.63, 3.8) is 0 Å². The van der Waals surface area contributed by atoms with E-state index >= 15 is 0 Å². The van der Waals surface area contributed by atoms with E-state index in [1.807, 2.05) is 13.8 Å². The lowest BCUT2D eigenvalue weighted by Gasteiger charge is -2.29. The third-order valence-electron chi connectivity index (χ3n) is 3.54. The predicted molar refractivity (Wildman–Crippen MR) is 69.1 cm³/mol. The van der Waals surface area contributed by atoms with E-state index in [-0.39, 0.29) is 10.8 Å². The van der Waals surface area contributed by atoms with Crippen LogP contribution in [0.3, 0.4) is 0 Å². The molecule has 0 aliphatic rings. The Morgan fingerprint density at radius 2 is 1.94 bits per heavy atom. The zero-order valence-electron chi connectivity index (χ0n) is 11.1. The summed E-state index contributed by atoms with van der Waals surface area (Å²) in [7, 11) is 0. The maximum atomic E-state index is 12.1. The highest BCUT2D eigenvalue weighted by molar-refractivity contribution is 5.29. The van der Waals surface area contributed by atoms with Crippen molar-refractivity contribution in [2.45, 2.75) is 59.3 Å². The van der Waals surface area contributed by atoms with E-state index in [0.717, 1.165) is 36.2 Å². The van der Waals surface area contributed by atoms with Crippen LogP contribution in [-0.4, -0.2) is 4.98 Å². The molecule has 0 saturated heterocycles. The molecule has 2 heteroatoms. The topological polar surface area (TPSA) is 32.9 Å². The molecule has 0 fully saturated rings. The molecule has 90 valence electrons. The van der Waals surface area contributed by atoms with Crippen molar-refractivity contribution in [3.05, 3.63) is 33.2 Å². The van der Waals surface area contributed by atoms with Crippen LogP contribution in [0.25, 0.3) is 0 Å². The maximum Gasteiger partial charge on any atom is 0.185 e. The second-order valence-electron chi connectivity index (χ2n) is 4.98. The molecule has 0 bridgehead atoms. The summed E-state index contributed by atoms with van der Waals surface area (Å²) < 4.78 is 0. The molecule has 1 unspecified atom stereocenters. The maximum absolute atomic E-state index is 12.1. The molecular weight excluding hydrogens is 198 g/mol. The molecule has 0 aliphatic carbocycles. The van der Waals surface area contributed by atoms with E-state index in [0.29, 0.717) is 0 Å². The highest BCUT2D eigenvalue weighted by Gasteiger charge is 2.28. The molecule has 0 saturated carbocycles. The summed E-state index contributed by atoms with van der Waals surface area (Å²) in [5.74, 6) is 0. The highest BCUT2D eigenvalue weighted by Crippen LogP contribution is 2.31. The van der Waals surface area contributed by atoms with Gasteiger partial charge in [-0.15, -0.1) is 0 Å². The molecule has 0 radical (unpaired) electrons. The Morgan fingerprint density at radius 1 is 1.31 bits per heavy atom. The summed E-state index contributed by atoms with van der Waals surface area (Å²) in [6.45, 7) is 10.5. The summed E-state index contributed by atoms with van der Waals surface area (Å²) in [6, 6.07) is 1.71. The molecule has 1 aromatic heterocycles. The lowest BCUT2D eigenvalue weighted by molar-refractivity contribution is 0.407. The number of aromatic amines is 1. The van der Waals surface area contributed by atoms with E-state index in [2.05, 4.69) is 25.8 Å². The minimum Gasteiger partial charge on any atom is -0.362 e. The molecule has 1 atom stereocenters. The van der Waals surface area contributed by atoms with Crippen LogP contribution in [0.5, 0.6) is 0 Å². The number of aryl methyl sites for hydroxylation is 2. The normalized spacial score (nSPS) is 14.8. The smallest absolute Gasteiger partial charge is 0.185 e. The van der Waals surface area contributed by atoms with E-state index in [1.165, 1.54) is 0 Å². The Bertz CT molecular complexity index is 419. The van der Waals surface area contributed by atoms with Crippen LogP contribution < -0.4 is 5.43 Å². The number of hydrogen-bond donors (Lipinski definition) is 1. The van der Waals surface area contributed by atoms with Crippen LogP contribution in [-0.2, 0) is 5.41 Å². The Hall–Kier alpha value is -1.05. The van der Waals surface area contributed by atoms with Crippen LogP contribution >= 0.6 is 0 Å². The SMILES string of the molecule is CCCC(C)(CC)c1c(C)[nH]c(C)cc1=O. The van der Waals surface area contributed by atoms with Gasteiger partial charge in [0.25, 0.3) is 0 Å². The van der Waals surface area contributed by atoms with Crippen molar-refractivity contribution >= 4 is 0 Å². The molecule has 0 spiro atoms. The minimum absolute atomic E-state index is 0.0140. The Labute approximate surface area is 98.1 Å². The fourth-order valence-corrected chi connectivity index (χ4v) is 2.63. The van der Waals surface area contributed by atoms with Gasteiger partial charge in [0.1, 0.15) is 0 Å². The van der Waals surface area contributed by atoms with Gasteiger partial charge in [-0.05, 0) is 32.1 Å². The largest absolute Gasteiger partial charge is 0.362 e. The van der Waals surface area contributed by atoms with Crippen molar-refractivity contribution in [3.8, 4) is 0 Å². The minimum atomic E-state index is 0.0140. The molecule has 1 N–H and O–H groups in total. The first-order valence-corrected chi connectivity index (χ1v) is 6.15. The number of hydrogen-bond acceptors (Lipinski definition) is 1. The standard InChI is InChI=1S/C14H23NO/c1-6-8-14(5,7-2)13-11(4)15-10(3)9-12(13)16/h9H,6-8H2,1-5H3,(H,15,16). The van der Waals surface area contributed by atoms with Gasteiger partial charge in [0.2, 0.25) is 0 Å². The molecule has 0 amide bonds. The Morgan fingerprint density at radius 3 is 2.38 bits per heavy atom. The van der Waals surface area contributed by atoms with Gasteiger partial charge in [-0.1, -0.05) is 27.2 Å². The van der Waals surface area contributed by atoms with Crippen molar-refractivity contribution in [1.29, 1.82) is 0 Å². The molecule has 0 aromatic carbocycles. The summed E-state index contributed by atoms with van der Waals surface area (Å²) >= 11 is 0. The zero-order valence-corrected chi connectivity index (χ0v) is 11.1. The molecule has 2 nitrogen and oxygen atoms in total. The quantitative estimate of drug-likeness (QED) is 0.829. The van der Waals surface area contributed by atoms with Crippen LogP contribution in [0.1, 0.15) is 57.0 Å². The third kappa shape index (κ3) is 2.37. The van der Waals surface area contributed by atoms with Crippen LogP contribution in [0.4, 0.5) is 0 Å². The molecule has 1 heterocycles. The first-order valence-electron chi connectivity index (χ1n) is 6.15. The van der Waals surface area contributed by atoms with Gasteiger partial charge < -0.3 is 4.98 Å². The van der Waals surface area contributed by atoms with Crippen molar-refractivity contribution in [2.24, 2.45) is 0 Å². The van der Waals surface area contributed by atoms with Crippen molar-refractivity contribution < 1.29 is 0 Å². The first kappa shape index (κ1) is 13.0. The summed E-state index contributed by atoms with van der Waals surface area (Å²) in [5, 5.41) is 0. The second kappa shape index (κ2) is 4.86. The monoisotopic (exact) mass is 221 g/mol. The summed E-state index contributed by atoms with van der Waals surface area (Å²) in [4.78, 5) is 15.4. The van der Waals surface area contributed by atoms with Gasteiger partial charge in [-0.2, -0.15) is 0 Å². The number of H-pyrrole nitrogens is 1. The molecule has 0 aliphatic heterocycles. The van der Waals surface area contributed by atoms with Crippen LogP contribution in [0.15, 0.2) is 10.9 Å². The van der Waals surface area contributed by atoms with Crippen molar-refractivity contribution in [2.75, 3.05) is 0 Å². The molecule has 1 aromatic rings. The third-order valence-corrected chi connectivity index (χ3v) is 3.54.